The van der Waals surface area contributed by atoms with E-state index in [-0.39, 0.29) is 0 Å². The quantitative estimate of drug-likeness (QED) is 0.456. The molecule has 0 unspecified atom stereocenters. The van der Waals surface area contributed by atoms with Crippen LogP contribution >= 0.6 is 0 Å². The van der Waals surface area contributed by atoms with Crippen molar-refractivity contribution in [1.82, 2.24) is 4.98 Å². The lowest BCUT2D eigenvalue weighted by atomic mass is 10.1. The van der Waals surface area contributed by atoms with Gasteiger partial charge in [0.05, 0.1) is 11.7 Å². The average molecular weight is 288 g/mol. The number of aromatic nitrogens is 1. The first-order chi connectivity index (χ1) is 10.7. The van der Waals surface area contributed by atoms with Crippen LogP contribution < -0.4 is 5.73 Å². The van der Waals surface area contributed by atoms with E-state index in [1.165, 1.54) is 0 Å². The summed E-state index contributed by atoms with van der Waals surface area (Å²) >= 11 is 0. The van der Waals surface area contributed by atoms with Crippen LogP contribution in [0.2, 0.25) is 0 Å². The Labute approximate surface area is 129 Å². The number of nitrogens with zero attached hydrogens (tertiary/aromatic N) is 3. The van der Waals surface area contributed by atoms with E-state index in [0.717, 1.165) is 22.0 Å². The predicted octanol–water partition coefficient (Wildman–Crippen LogP) is 3.28. The molecule has 2 N–H and O–H groups in total. The molecule has 0 aliphatic rings. The van der Waals surface area contributed by atoms with Crippen LogP contribution in [0.15, 0.2) is 70.9 Å². The monoisotopic (exact) mass is 288 g/mol. The molecule has 4 heteroatoms. The Balaban J connectivity index is 1.85. The molecule has 2 aromatic carbocycles. The summed E-state index contributed by atoms with van der Waals surface area (Å²) in [5, 5.41) is 9.17. The van der Waals surface area contributed by atoms with Crippen LogP contribution in [-0.4, -0.2) is 17.0 Å². The van der Waals surface area contributed by atoms with Gasteiger partial charge in [0, 0.05) is 5.39 Å². The fraction of sp³-hybridized carbons (Fsp3) is 0.0556. The van der Waals surface area contributed by atoms with E-state index < -0.39 is 0 Å². The second-order valence-corrected chi connectivity index (χ2v) is 4.98. The van der Waals surface area contributed by atoms with E-state index in [1.807, 2.05) is 67.6 Å². The molecule has 0 aliphatic carbocycles. The number of amidine groups is 1. The van der Waals surface area contributed by atoms with Crippen LogP contribution in [0.3, 0.4) is 0 Å². The van der Waals surface area contributed by atoms with Gasteiger partial charge in [-0.1, -0.05) is 48.5 Å². The van der Waals surface area contributed by atoms with E-state index in [4.69, 9.17) is 5.73 Å². The van der Waals surface area contributed by atoms with Crippen LogP contribution in [0, 0.1) is 6.92 Å². The third kappa shape index (κ3) is 3.01. The van der Waals surface area contributed by atoms with Gasteiger partial charge < -0.3 is 5.73 Å². The lowest BCUT2D eigenvalue weighted by Crippen LogP contribution is -2.14. The van der Waals surface area contributed by atoms with Gasteiger partial charge in [-0.15, -0.1) is 5.10 Å². The highest BCUT2D eigenvalue weighted by Crippen LogP contribution is 2.11. The van der Waals surface area contributed by atoms with Gasteiger partial charge in [0.25, 0.3) is 0 Å². The molecule has 0 radical (unpaired) electrons. The van der Waals surface area contributed by atoms with Crippen molar-refractivity contribution in [2.45, 2.75) is 6.92 Å². The second-order valence-electron chi connectivity index (χ2n) is 4.98. The Hall–Kier alpha value is -3.01. The fourth-order valence-electron chi connectivity index (χ4n) is 2.14. The zero-order chi connectivity index (χ0) is 15.4. The zero-order valence-corrected chi connectivity index (χ0v) is 12.3. The molecule has 0 aliphatic heterocycles. The highest BCUT2D eigenvalue weighted by Gasteiger charge is 2.01. The molecule has 0 saturated heterocycles. The summed E-state index contributed by atoms with van der Waals surface area (Å²) in [6.07, 6.45) is 1.70. The summed E-state index contributed by atoms with van der Waals surface area (Å²) < 4.78 is 0. The van der Waals surface area contributed by atoms with Gasteiger partial charge in [-0.25, -0.2) is 4.98 Å². The molecule has 3 rings (SSSR count). The lowest BCUT2D eigenvalue weighted by molar-refractivity contribution is 1.21. The molecule has 4 nitrogen and oxygen atoms in total. The number of aryl methyl sites for hydroxylation is 1. The molecule has 0 fully saturated rings. The molecule has 22 heavy (non-hydrogen) atoms. The molecule has 1 aromatic heterocycles. The van der Waals surface area contributed by atoms with Crippen molar-refractivity contribution >= 4 is 23.0 Å². The van der Waals surface area contributed by atoms with Crippen molar-refractivity contribution in [3.05, 3.63) is 77.5 Å². The Kier molecular flexibility index (Phi) is 3.92. The number of para-hydroxylation sites is 1. The molecule has 108 valence electrons. The van der Waals surface area contributed by atoms with Crippen molar-refractivity contribution in [3.63, 3.8) is 0 Å². The Morgan fingerprint density at radius 3 is 2.64 bits per heavy atom. The van der Waals surface area contributed by atoms with Crippen LogP contribution in [0.1, 0.15) is 16.8 Å². The summed E-state index contributed by atoms with van der Waals surface area (Å²) in [5.74, 6) is 0.301. The molecule has 0 spiro atoms. The fourth-order valence-corrected chi connectivity index (χ4v) is 2.14. The first kappa shape index (κ1) is 13.9. The summed E-state index contributed by atoms with van der Waals surface area (Å²) in [6, 6.07) is 19.7. The molecular weight excluding hydrogens is 272 g/mol. The Bertz CT molecular complexity index is 866. The average Bonchev–Trinajstić information content (AvgIpc) is 2.56. The third-order valence-electron chi connectivity index (χ3n) is 3.41. The topological polar surface area (TPSA) is 63.6 Å². The predicted molar refractivity (Wildman–Crippen MR) is 91.2 cm³/mol. The van der Waals surface area contributed by atoms with Crippen molar-refractivity contribution in [2.24, 2.45) is 15.9 Å². The number of hydrogen-bond donors (Lipinski definition) is 1. The number of rotatable bonds is 3. The third-order valence-corrected chi connectivity index (χ3v) is 3.41. The summed E-state index contributed by atoms with van der Waals surface area (Å²) in [7, 11) is 0. The minimum absolute atomic E-state index is 0.301. The van der Waals surface area contributed by atoms with E-state index in [1.54, 1.807) is 6.21 Å². The highest BCUT2D eigenvalue weighted by atomic mass is 15.2. The summed E-state index contributed by atoms with van der Waals surface area (Å²) in [6.45, 7) is 2.03. The van der Waals surface area contributed by atoms with E-state index in [0.29, 0.717) is 11.5 Å². The van der Waals surface area contributed by atoms with E-state index in [2.05, 4.69) is 15.2 Å². The van der Waals surface area contributed by atoms with Crippen LogP contribution in [0.5, 0.6) is 0 Å². The van der Waals surface area contributed by atoms with Crippen LogP contribution in [0.25, 0.3) is 10.9 Å². The van der Waals surface area contributed by atoms with Crippen molar-refractivity contribution < 1.29 is 0 Å². The number of fused-ring (bicyclic) bond motifs is 1. The lowest BCUT2D eigenvalue weighted by Gasteiger charge is -2.01. The van der Waals surface area contributed by atoms with Crippen LogP contribution in [-0.2, 0) is 0 Å². The standard InChI is InChI=1S/C18H16N4/c1-13-6-2-3-8-15(13)12-20-22-18(19)17-11-10-14-7-4-5-9-16(14)21-17/h2-12H,1H3,(H2,19,22)/b20-12+. The maximum absolute atomic E-state index is 5.96. The van der Waals surface area contributed by atoms with Gasteiger partial charge in [0.2, 0.25) is 0 Å². The normalized spacial score (nSPS) is 12.1. The molecule has 1 heterocycles. The smallest absolute Gasteiger partial charge is 0.172 e. The highest BCUT2D eigenvalue weighted by molar-refractivity contribution is 5.98. The first-order valence-electron chi connectivity index (χ1n) is 7.02. The van der Waals surface area contributed by atoms with E-state index >= 15 is 0 Å². The van der Waals surface area contributed by atoms with Gasteiger partial charge >= 0.3 is 0 Å². The van der Waals surface area contributed by atoms with Crippen molar-refractivity contribution in [1.29, 1.82) is 0 Å². The second kappa shape index (κ2) is 6.18. The van der Waals surface area contributed by atoms with Crippen molar-refractivity contribution in [3.8, 4) is 0 Å². The molecule has 3 aromatic rings. The molecule has 0 amide bonds. The van der Waals surface area contributed by atoms with Gasteiger partial charge in [0.1, 0.15) is 5.69 Å². The molecule has 0 atom stereocenters. The Morgan fingerprint density at radius 2 is 1.77 bits per heavy atom. The maximum atomic E-state index is 5.96. The molecular formula is C18H16N4. The minimum Gasteiger partial charge on any atom is -0.380 e. The van der Waals surface area contributed by atoms with Crippen molar-refractivity contribution in [2.75, 3.05) is 0 Å². The minimum atomic E-state index is 0.301. The number of nitrogens with two attached hydrogens (primary N) is 1. The summed E-state index contributed by atoms with van der Waals surface area (Å²) in [5.41, 5.74) is 9.64. The Morgan fingerprint density at radius 1 is 1.00 bits per heavy atom. The summed E-state index contributed by atoms with van der Waals surface area (Å²) in [4.78, 5) is 4.49. The molecule has 0 bridgehead atoms. The van der Waals surface area contributed by atoms with Gasteiger partial charge in [-0.2, -0.15) is 5.10 Å². The van der Waals surface area contributed by atoms with Gasteiger partial charge in [-0.3, -0.25) is 0 Å². The zero-order valence-electron chi connectivity index (χ0n) is 12.3. The number of benzene rings is 2. The van der Waals surface area contributed by atoms with Gasteiger partial charge in [-0.05, 0) is 30.2 Å². The van der Waals surface area contributed by atoms with Crippen LogP contribution in [0.4, 0.5) is 0 Å². The first-order valence-corrected chi connectivity index (χ1v) is 7.02. The number of hydrogen-bond acceptors (Lipinski definition) is 3. The SMILES string of the molecule is Cc1ccccc1/C=N/N=C(\N)c1ccc2ccccc2n1. The largest absolute Gasteiger partial charge is 0.380 e. The molecule has 0 saturated carbocycles. The van der Waals surface area contributed by atoms with Gasteiger partial charge in [0.15, 0.2) is 5.84 Å². The van der Waals surface area contributed by atoms with E-state index in [9.17, 15) is 0 Å². The number of pyridine rings is 1. The maximum Gasteiger partial charge on any atom is 0.172 e.